The first-order valence-corrected chi connectivity index (χ1v) is 9.60. The van der Waals surface area contributed by atoms with E-state index in [4.69, 9.17) is 4.74 Å². The molecule has 146 valence electrons. The van der Waals surface area contributed by atoms with Gasteiger partial charge in [0, 0.05) is 28.7 Å². The Bertz CT molecular complexity index is 1010. The van der Waals surface area contributed by atoms with Gasteiger partial charge in [0.25, 0.3) is 0 Å². The molecule has 0 bridgehead atoms. The SMILES string of the molecule is COc1cc(-c2cc(NCCc3c(F)cc(Br)cc3F)ncn2)sc1C(=O)O. The molecule has 28 heavy (non-hydrogen) atoms. The number of carbonyl (C=O) groups is 1. The topological polar surface area (TPSA) is 84.3 Å². The number of carboxylic acid groups (broad SMARTS) is 1. The van der Waals surface area contributed by atoms with Crippen molar-refractivity contribution in [3.05, 3.63) is 57.1 Å². The van der Waals surface area contributed by atoms with Gasteiger partial charge in [-0.2, -0.15) is 0 Å². The van der Waals surface area contributed by atoms with Crippen LogP contribution in [0.3, 0.4) is 0 Å². The molecule has 0 atom stereocenters. The van der Waals surface area contributed by atoms with Crippen molar-refractivity contribution in [2.75, 3.05) is 19.0 Å². The summed E-state index contributed by atoms with van der Waals surface area (Å²) in [6, 6.07) is 5.65. The summed E-state index contributed by atoms with van der Waals surface area (Å²) in [6.45, 7) is 0.250. The molecule has 0 spiro atoms. The summed E-state index contributed by atoms with van der Waals surface area (Å²) in [4.78, 5) is 20.2. The minimum Gasteiger partial charge on any atom is -0.495 e. The monoisotopic (exact) mass is 469 g/mol. The van der Waals surface area contributed by atoms with Crippen molar-refractivity contribution < 1.29 is 23.4 Å². The van der Waals surface area contributed by atoms with Crippen LogP contribution in [0.15, 0.2) is 35.1 Å². The van der Waals surface area contributed by atoms with Gasteiger partial charge in [-0.3, -0.25) is 0 Å². The quantitative estimate of drug-likeness (QED) is 0.525. The molecule has 3 aromatic rings. The average molecular weight is 470 g/mol. The molecule has 0 amide bonds. The molecule has 0 radical (unpaired) electrons. The fraction of sp³-hybridized carbons (Fsp3) is 0.167. The highest BCUT2D eigenvalue weighted by Crippen LogP contribution is 2.35. The van der Waals surface area contributed by atoms with E-state index in [2.05, 4.69) is 31.2 Å². The predicted octanol–water partition coefficient (Wildman–Crippen LogP) is 4.61. The van der Waals surface area contributed by atoms with Gasteiger partial charge in [0.15, 0.2) is 4.88 Å². The third-order valence-corrected chi connectivity index (χ3v) is 5.40. The summed E-state index contributed by atoms with van der Waals surface area (Å²) in [5.74, 6) is -1.62. The minimum atomic E-state index is -1.08. The van der Waals surface area contributed by atoms with Gasteiger partial charge in [0.05, 0.1) is 17.7 Å². The average Bonchev–Trinajstić information content (AvgIpc) is 3.09. The van der Waals surface area contributed by atoms with Crippen LogP contribution in [0.1, 0.15) is 15.2 Å². The van der Waals surface area contributed by atoms with E-state index in [0.29, 0.717) is 20.9 Å². The zero-order valence-corrected chi connectivity index (χ0v) is 16.9. The van der Waals surface area contributed by atoms with E-state index in [-0.39, 0.29) is 29.2 Å². The van der Waals surface area contributed by atoms with Crippen LogP contribution in [-0.4, -0.2) is 34.7 Å². The normalized spacial score (nSPS) is 10.7. The second kappa shape index (κ2) is 8.61. The summed E-state index contributed by atoms with van der Waals surface area (Å²) in [6.07, 6.45) is 1.45. The largest absolute Gasteiger partial charge is 0.495 e. The Hall–Kier alpha value is -2.59. The molecule has 0 saturated heterocycles. The van der Waals surface area contributed by atoms with Crippen LogP contribution < -0.4 is 10.1 Å². The van der Waals surface area contributed by atoms with Gasteiger partial charge in [-0.25, -0.2) is 23.5 Å². The number of rotatable bonds is 7. The fourth-order valence-electron chi connectivity index (χ4n) is 2.52. The minimum absolute atomic E-state index is 0.0147. The van der Waals surface area contributed by atoms with Crippen molar-refractivity contribution in [1.82, 2.24) is 9.97 Å². The lowest BCUT2D eigenvalue weighted by atomic mass is 10.1. The highest BCUT2D eigenvalue weighted by atomic mass is 79.9. The van der Waals surface area contributed by atoms with E-state index in [0.717, 1.165) is 11.3 Å². The van der Waals surface area contributed by atoms with Crippen molar-refractivity contribution in [2.45, 2.75) is 6.42 Å². The van der Waals surface area contributed by atoms with Gasteiger partial charge in [0.2, 0.25) is 0 Å². The second-order valence-corrected chi connectivity index (χ2v) is 7.59. The third kappa shape index (κ3) is 4.45. The maximum absolute atomic E-state index is 13.9. The van der Waals surface area contributed by atoms with Crippen LogP contribution in [0.2, 0.25) is 0 Å². The summed E-state index contributed by atoms with van der Waals surface area (Å²) < 4.78 is 33.2. The van der Waals surface area contributed by atoms with Gasteiger partial charge in [0.1, 0.15) is 29.5 Å². The molecular weight excluding hydrogens is 456 g/mol. The van der Waals surface area contributed by atoms with Crippen LogP contribution in [0.4, 0.5) is 14.6 Å². The van der Waals surface area contributed by atoms with Crippen LogP contribution in [0.25, 0.3) is 10.6 Å². The molecule has 3 rings (SSSR count). The number of anilines is 1. The molecule has 1 aromatic carbocycles. The molecule has 0 fully saturated rings. The molecule has 2 heterocycles. The molecule has 0 aliphatic heterocycles. The number of aromatic carboxylic acids is 1. The van der Waals surface area contributed by atoms with Crippen LogP contribution >= 0.6 is 27.3 Å². The van der Waals surface area contributed by atoms with Crippen molar-refractivity contribution >= 4 is 39.1 Å². The van der Waals surface area contributed by atoms with E-state index in [1.807, 2.05) is 0 Å². The number of benzene rings is 1. The molecular formula is C18H14BrF2N3O3S. The molecule has 0 aliphatic rings. The van der Waals surface area contributed by atoms with E-state index in [9.17, 15) is 18.7 Å². The van der Waals surface area contributed by atoms with E-state index in [1.54, 1.807) is 12.1 Å². The summed E-state index contributed by atoms with van der Waals surface area (Å²) in [5, 5.41) is 12.2. The van der Waals surface area contributed by atoms with Crippen molar-refractivity contribution in [2.24, 2.45) is 0 Å². The predicted molar refractivity (Wildman–Crippen MR) is 105 cm³/mol. The molecule has 0 saturated carbocycles. The Kier molecular flexibility index (Phi) is 6.20. The lowest BCUT2D eigenvalue weighted by Gasteiger charge is -2.08. The number of carboxylic acids is 1. The van der Waals surface area contributed by atoms with Gasteiger partial charge in [-0.05, 0) is 18.6 Å². The lowest BCUT2D eigenvalue weighted by Crippen LogP contribution is -2.09. The van der Waals surface area contributed by atoms with Gasteiger partial charge >= 0.3 is 5.97 Å². The Balaban J connectivity index is 1.73. The molecule has 2 aromatic heterocycles. The zero-order valence-electron chi connectivity index (χ0n) is 14.5. The molecule has 2 N–H and O–H groups in total. The number of methoxy groups -OCH3 is 1. The van der Waals surface area contributed by atoms with Crippen molar-refractivity contribution in [3.8, 4) is 16.3 Å². The number of ether oxygens (including phenoxy) is 1. The highest BCUT2D eigenvalue weighted by molar-refractivity contribution is 9.10. The maximum atomic E-state index is 13.9. The lowest BCUT2D eigenvalue weighted by molar-refractivity contribution is 0.0699. The summed E-state index contributed by atoms with van der Waals surface area (Å²) in [7, 11) is 1.39. The van der Waals surface area contributed by atoms with Crippen LogP contribution in [0.5, 0.6) is 5.75 Å². The smallest absolute Gasteiger partial charge is 0.349 e. The van der Waals surface area contributed by atoms with Crippen LogP contribution in [0, 0.1) is 11.6 Å². The van der Waals surface area contributed by atoms with E-state index >= 15 is 0 Å². The number of hydrogen-bond donors (Lipinski definition) is 2. The molecule has 10 heteroatoms. The Morgan fingerprint density at radius 3 is 2.57 bits per heavy atom. The fourth-order valence-corrected chi connectivity index (χ4v) is 3.85. The van der Waals surface area contributed by atoms with E-state index < -0.39 is 17.6 Å². The molecule has 0 unspecified atom stereocenters. The highest BCUT2D eigenvalue weighted by Gasteiger charge is 2.18. The van der Waals surface area contributed by atoms with Crippen molar-refractivity contribution in [1.29, 1.82) is 0 Å². The second-order valence-electron chi connectivity index (χ2n) is 5.63. The van der Waals surface area contributed by atoms with Gasteiger partial charge in [-0.15, -0.1) is 11.3 Å². The molecule has 0 aliphatic carbocycles. The van der Waals surface area contributed by atoms with Gasteiger partial charge in [-0.1, -0.05) is 15.9 Å². The molecule has 6 nitrogen and oxygen atoms in total. The number of thiophene rings is 1. The summed E-state index contributed by atoms with van der Waals surface area (Å²) >= 11 is 4.08. The maximum Gasteiger partial charge on any atom is 0.349 e. The standard InChI is InChI=1S/C18H14BrF2N3O3S/c1-27-14-7-15(28-17(14)18(25)26)13-6-16(24-8-23-13)22-3-2-10-11(20)4-9(19)5-12(10)21/h4-8H,2-3H2,1H3,(H,25,26)(H,22,23,24). The number of hydrogen-bond acceptors (Lipinski definition) is 6. The first-order valence-electron chi connectivity index (χ1n) is 8.00. The Labute approximate surface area is 171 Å². The first kappa shape index (κ1) is 20.2. The number of nitrogens with zero attached hydrogens (tertiary/aromatic N) is 2. The van der Waals surface area contributed by atoms with Crippen LogP contribution in [-0.2, 0) is 6.42 Å². The van der Waals surface area contributed by atoms with Gasteiger partial charge < -0.3 is 15.2 Å². The number of halogens is 3. The Morgan fingerprint density at radius 2 is 1.96 bits per heavy atom. The summed E-state index contributed by atoms with van der Waals surface area (Å²) in [5.41, 5.74) is 0.494. The third-order valence-electron chi connectivity index (χ3n) is 3.82. The van der Waals surface area contributed by atoms with E-state index in [1.165, 1.54) is 25.6 Å². The first-order chi connectivity index (χ1) is 13.4. The van der Waals surface area contributed by atoms with Crippen molar-refractivity contribution in [3.63, 3.8) is 0 Å². The number of aromatic nitrogens is 2. The Morgan fingerprint density at radius 1 is 1.25 bits per heavy atom. The zero-order chi connectivity index (χ0) is 20.3. The number of nitrogens with one attached hydrogen (secondary N) is 1.